The molecule has 0 spiro atoms. The van der Waals surface area contributed by atoms with E-state index in [0.717, 1.165) is 22.8 Å². The van der Waals surface area contributed by atoms with Gasteiger partial charge in [0.2, 0.25) is 20.0 Å². The number of nitrogens with two attached hydrogens (primary N) is 1. The van der Waals surface area contributed by atoms with Gasteiger partial charge >= 0.3 is 0 Å². The fourth-order valence-corrected chi connectivity index (χ4v) is 6.75. The van der Waals surface area contributed by atoms with Crippen LogP contribution in [0.15, 0.2) is 33.5 Å². The normalized spacial score (nSPS) is 16.3. The number of primary sulfonamides is 1. The third-order valence-electron chi connectivity index (χ3n) is 3.85. The third-order valence-corrected chi connectivity index (χ3v) is 9.19. The molecular weight excluding hydrogens is 432 g/mol. The van der Waals surface area contributed by atoms with E-state index in [0.29, 0.717) is 18.0 Å². The highest BCUT2D eigenvalue weighted by Crippen LogP contribution is 2.22. The number of hydrogen-bond acceptors (Lipinski definition) is 7. The molecule has 2 aromatic heterocycles. The van der Waals surface area contributed by atoms with E-state index in [9.17, 15) is 21.6 Å². The van der Waals surface area contributed by atoms with Gasteiger partial charge in [-0.2, -0.15) is 16.1 Å². The number of sulfonamides is 2. The van der Waals surface area contributed by atoms with Crippen LogP contribution in [-0.4, -0.2) is 56.6 Å². The van der Waals surface area contributed by atoms with Crippen molar-refractivity contribution in [2.45, 2.75) is 15.6 Å². The second-order valence-electron chi connectivity index (χ2n) is 5.71. The lowest BCUT2D eigenvalue weighted by atomic mass is 10.4. The van der Waals surface area contributed by atoms with Gasteiger partial charge in [-0.1, -0.05) is 0 Å². The van der Waals surface area contributed by atoms with Gasteiger partial charge in [0.15, 0.2) is 0 Å². The summed E-state index contributed by atoms with van der Waals surface area (Å²) in [6.07, 6.45) is 1.30. The van der Waals surface area contributed by atoms with Crippen molar-refractivity contribution >= 4 is 49.1 Å². The van der Waals surface area contributed by atoms with Gasteiger partial charge in [-0.05, 0) is 18.2 Å². The summed E-state index contributed by atoms with van der Waals surface area (Å²) in [5, 5.41) is 7.67. The van der Waals surface area contributed by atoms with Crippen molar-refractivity contribution in [3.8, 4) is 0 Å². The third kappa shape index (κ3) is 4.73. The van der Waals surface area contributed by atoms with E-state index in [1.165, 1.54) is 22.6 Å². The predicted molar refractivity (Wildman–Crippen MR) is 104 cm³/mol. The molecule has 1 amide bonds. The Hall–Kier alpha value is -1.38. The summed E-state index contributed by atoms with van der Waals surface area (Å²) in [4.78, 5) is 15.6. The van der Waals surface area contributed by atoms with Gasteiger partial charge in [0.05, 0.1) is 6.54 Å². The molecule has 4 N–H and O–H groups in total. The highest BCUT2D eigenvalue weighted by atomic mass is 32.2. The number of H-pyrrole nitrogens is 1. The summed E-state index contributed by atoms with van der Waals surface area (Å²) in [6.45, 7) is 0.998. The maximum Gasteiger partial charge on any atom is 0.268 e. The lowest BCUT2D eigenvalue weighted by Gasteiger charge is -2.24. The van der Waals surface area contributed by atoms with E-state index in [4.69, 9.17) is 5.14 Å². The molecule has 3 rings (SSSR count). The van der Waals surface area contributed by atoms with Gasteiger partial charge in [0.25, 0.3) is 5.91 Å². The molecule has 0 saturated carbocycles. The van der Waals surface area contributed by atoms with Crippen LogP contribution in [0.4, 0.5) is 0 Å². The van der Waals surface area contributed by atoms with Crippen LogP contribution < -0.4 is 10.5 Å². The molecule has 9 nitrogen and oxygen atoms in total. The summed E-state index contributed by atoms with van der Waals surface area (Å²) < 4.78 is 49.2. The summed E-state index contributed by atoms with van der Waals surface area (Å²) in [7, 11) is -7.39. The summed E-state index contributed by atoms with van der Waals surface area (Å²) in [6, 6.07) is 4.23. The Bertz CT molecular complexity index is 1040. The quantitative estimate of drug-likeness (QED) is 0.581. The van der Waals surface area contributed by atoms with Crippen molar-refractivity contribution < 1.29 is 21.6 Å². The van der Waals surface area contributed by atoms with E-state index in [1.807, 2.05) is 0 Å². The monoisotopic (exact) mass is 450 g/mol. The van der Waals surface area contributed by atoms with Crippen molar-refractivity contribution in [1.82, 2.24) is 14.6 Å². The Balaban J connectivity index is 1.65. The minimum Gasteiger partial charge on any atom is -0.356 e. The van der Waals surface area contributed by atoms with E-state index in [-0.39, 0.29) is 21.3 Å². The van der Waals surface area contributed by atoms with E-state index in [2.05, 4.69) is 10.3 Å². The first kappa shape index (κ1) is 20.4. The van der Waals surface area contributed by atoms with Crippen LogP contribution >= 0.6 is 23.1 Å². The number of carbonyl (C=O) groups excluding carboxylic acids is 1. The maximum absolute atomic E-state index is 12.6. The average Bonchev–Trinajstić information content (AvgIpc) is 3.30. The second kappa shape index (κ2) is 7.93. The standard InChI is InChI=1S/C14H18N4O5S4/c15-26(20,21)13-2-1-10(25-13)8-17-14(19)12-7-11(9-16-12)27(22,23)18-3-5-24-6-4-18/h1-2,7,9,16H,3-6,8H2,(H,17,19)(H2,15,20,21). The molecule has 148 valence electrons. The zero-order valence-corrected chi connectivity index (χ0v) is 17.3. The van der Waals surface area contributed by atoms with Gasteiger partial charge in [-0.25, -0.2) is 22.0 Å². The zero-order valence-electron chi connectivity index (χ0n) is 14.0. The summed E-state index contributed by atoms with van der Waals surface area (Å²) >= 11 is 2.67. The topological polar surface area (TPSA) is 142 Å². The first-order chi connectivity index (χ1) is 12.7. The molecule has 1 fully saturated rings. The molecule has 0 atom stereocenters. The predicted octanol–water partition coefficient (Wildman–Crippen LogP) is 0.391. The molecule has 13 heteroatoms. The molecule has 0 bridgehead atoms. The maximum atomic E-state index is 12.6. The number of aromatic nitrogens is 1. The number of thiophene rings is 1. The molecule has 0 radical (unpaired) electrons. The van der Waals surface area contributed by atoms with Crippen molar-refractivity contribution in [2.24, 2.45) is 5.14 Å². The number of aromatic amines is 1. The highest BCUT2D eigenvalue weighted by Gasteiger charge is 2.27. The van der Waals surface area contributed by atoms with Gasteiger partial charge in [0, 0.05) is 35.7 Å². The molecule has 1 saturated heterocycles. The highest BCUT2D eigenvalue weighted by molar-refractivity contribution is 7.99. The summed E-state index contributed by atoms with van der Waals surface area (Å²) in [5.74, 6) is 1.01. The molecule has 1 aliphatic heterocycles. The van der Waals surface area contributed by atoms with Crippen LogP contribution in [0, 0.1) is 0 Å². The largest absolute Gasteiger partial charge is 0.356 e. The first-order valence-corrected chi connectivity index (χ1v) is 12.8. The molecule has 0 aromatic carbocycles. The van der Waals surface area contributed by atoms with Crippen LogP contribution in [0.1, 0.15) is 15.4 Å². The minimum atomic E-state index is -3.77. The zero-order chi connectivity index (χ0) is 19.7. The van der Waals surface area contributed by atoms with Crippen LogP contribution in [0.5, 0.6) is 0 Å². The minimum absolute atomic E-state index is 0.0136. The van der Waals surface area contributed by atoms with Crippen LogP contribution in [0.2, 0.25) is 0 Å². The van der Waals surface area contributed by atoms with E-state index >= 15 is 0 Å². The average molecular weight is 451 g/mol. The van der Waals surface area contributed by atoms with Gasteiger partial charge in [-0.15, -0.1) is 11.3 Å². The van der Waals surface area contributed by atoms with Crippen molar-refractivity contribution in [3.05, 3.63) is 35.0 Å². The number of hydrogen-bond donors (Lipinski definition) is 3. The van der Waals surface area contributed by atoms with E-state index < -0.39 is 26.0 Å². The summed E-state index contributed by atoms with van der Waals surface area (Å²) in [5.41, 5.74) is 0.114. The Kier molecular flexibility index (Phi) is 5.98. The lowest BCUT2D eigenvalue weighted by Crippen LogP contribution is -2.37. The molecule has 2 aromatic rings. The second-order valence-corrected chi connectivity index (χ2v) is 11.8. The SMILES string of the molecule is NS(=O)(=O)c1ccc(CNC(=O)c2cc(S(=O)(=O)N3CCSCC3)c[nH]2)s1. The Labute approximate surface area is 165 Å². The van der Waals surface area contributed by atoms with Crippen molar-refractivity contribution in [2.75, 3.05) is 24.6 Å². The fraction of sp³-hybridized carbons (Fsp3) is 0.357. The molecule has 3 heterocycles. The number of amides is 1. The smallest absolute Gasteiger partial charge is 0.268 e. The number of rotatable bonds is 6. The van der Waals surface area contributed by atoms with E-state index in [1.54, 1.807) is 17.8 Å². The van der Waals surface area contributed by atoms with Crippen molar-refractivity contribution in [3.63, 3.8) is 0 Å². The van der Waals surface area contributed by atoms with Crippen molar-refractivity contribution in [1.29, 1.82) is 0 Å². The van der Waals surface area contributed by atoms with Crippen LogP contribution in [0.25, 0.3) is 0 Å². The fourth-order valence-electron chi connectivity index (χ4n) is 2.46. The molecule has 27 heavy (non-hydrogen) atoms. The van der Waals surface area contributed by atoms with Gasteiger partial charge < -0.3 is 10.3 Å². The molecule has 0 aliphatic carbocycles. The van der Waals surface area contributed by atoms with Gasteiger partial charge in [0.1, 0.15) is 14.8 Å². The Morgan fingerprint density at radius 1 is 1.22 bits per heavy atom. The number of nitrogens with one attached hydrogen (secondary N) is 2. The first-order valence-electron chi connectivity index (χ1n) is 7.84. The Morgan fingerprint density at radius 3 is 2.56 bits per heavy atom. The number of thioether (sulfide) groups is 1. The number of nitrogens with zero attached hydrogens (tertiary/aromatic N) is 1. The number of carbonyl (C=O) groups is 1. The molecule has 1 aliphatic rings. The lowest BCUT2D eigenvalue weighted by molar-refractivity contribution is 0.0947. The molecular formula is C14H18N4O5S4. The van der Waals surface area contributed by atoms with Gasteiger partial charge in [-0.3, -0.25) is 4.79 Å². The molecule has 0 unspecified atom stereocenters. The van der Waals surface area contributed by atoms with Crippen LogP contribution in [0.3, 0.4) is 0 Å². The Morgan fingerprint density at radius 2 is 1.93 bits per heavy atom. The van der Waals surface area contributed by atoms with Crippen LogP contribution in [-0.2, 0) is 26.6 Å².